The predicted molar refractivity (Wildman–Crippen MR) is 59.3 cm³/mol. The fourth-order valence-electron chi connectivity index (χ4n) is 2.21. The molecule has 1 aliphatic rings. The summed E-state index contributed by atoms with van der Waals surface area (Å²) in [5, 5.41) is 28.8. The lowest BCUT2D eigenvalue weighted by Crippen LogP contribution is -1.93. The molecule has 0 bridgehead atoms. The molecule has 2 aromatic carbocycles. The number of rotatable bonds is 0. The number of phenolic OH excluding ortho intramolecular Hbond substituents is 2. The van der Waals surface area contributed by atoms with Crippen molar-refractivity contribution in [2.24, 2.45) is 0 Å². The van der Waals surface area contributed by atoms with Gasteiger partial charge in [0.25, 0.3) is 0 Å². The maximum Gasteiger partial charge on any atom is 0.116 e. The van der Waals surface area contributed by atoms with Gasteiger partial charge in [0, 0.05) is 0 Å². The minimum absolute atomic E-state index is 0.134. The monoisotopic (exact) mass is 214 g/mol. The minimum atomic E-state index is -0.774. The summed E-state index contributed by atoms with van der Waals surface area (Å²) in [6.07, 6.45) is -0.774. The average molecular weight is 214 g/mol. The molecule has 0 heterocycles. The number of aromatic hydroxyl groups is 2. The molecular formula is C13H10O3. The summed E-state index contributed by atoms with van der Waals surface area (Å²) in [5.74, 6) is 0.268. The lowest BCUT2D eigenvalue weighted by atomic mass is 10.1. The smallest absolute Gasteiger partial charge is 0.116 e. The molecule has 0 spiro atoms. The van der Waals surface area contributed by atoms with E-state index < -0.39 is 6.10 Å². The van der Waals surface area contributed by atoms with Crippen LogP contribution in [0.1, 0.15) is 17.2 Å². The first-order valence-electron chi connectivity index (χ1n) is 5.01. The Morgan fingerprint density at radius 2 is 1.19 bits per heavy atom. The highest BCUT2D eigenvalue weighted by Gasteiger charge is 2.27. The van der Waals surface area contributed by atoms with Crippen molar-refractivity contribution in [3.8, 4) is 22.6 Å². The number of aliphatic hydroxyl groups excluding tert-OH is 1. The van der Waals surface area contributed by atoms with E-state index in [1.54, 1.807) is 36.4 Å². The van der Waals surface area contributed by atoms with Crippen LogP contribution >= 0.6 is 0 Å². The van der Waals surface area contributed by atoms with E-state index >= 15 is 0 Å². The van der Waals surface area contributed by atoms with Gasteiger partial charge in [0.1, 0.15) is 17.6 Å². The maximum atomic E-state index is 10.1. The molecule has 0 saturated heterocycles. The third kappa shape index (κ3) is 1.12. The van der Waals surface area contributed by atoms with Crippen LogP contribution in [0.25, 0.3) is 11.1 Å². The number of phenols is 2. The van der Waals surface area contributed by atoms with Gasteiger partial charge < -0.3 is 15.3 Å². The van der Waals surface area contributed by atoms with E-state index in [1.807, 2.05) is 0 Å². The Hall–Kier alpha value is -2.00. The van der Waals surface area contributed by atoms with Gasteiger partial charge in [-0.2, -0.15) is 0 Å². The number of fused-ring (bicyclic) bond motifs is 3. The van der Waals surface area contributed by atoms with Gasteiger partial charge in [0.05, 0.1) is 0 Å². The van der Waals surface area contributed by atoms with Crippen LogP contribution in [0.3, 0.4) is 0 Å². The van der Waals surface area contributed by atoms with Gasteiger partial charge in [-0.15, -0.1) is 0 Å². The first-order valence-corrected chi connectivity index (χ1v) is 5.01. The Kier molecular flexibility index (Phi) is 1.73. The fraction of sp³-hybridized carbons (Fsp3) is 0.0769. The topological polar surface area (TPSA) is 60.7 Å². The molecule has 1 aliphatic carbocycles. The van der Waals surface area contributed by atoms with Gasteiger partial charge in [0.15, 0.2) is 0 Å². The highest BCUT2D eigenvalue weighted by Crippen LogP contribution is 2.45. The van der Waals surface area contributed by atoms with E-state index in [0.717, 1.165) is 11.1 Å². The second-order valence-corrected chi connectivity index (χ2v) is 3.95. The maximum absolute atomic E-state index is 10.1. The van der Waals surface area contributed by atoms with Gasteiger partial charge in [-0.1, -0.05) is 12.1 Å². The van der Waals surface area contributed by atoms with Crippen LogP contribution in [0.4, 0.5) is 0 Å². The summed E-state index contributed by atoms with van der Waals surface area (Å²) in [6, 6.07) is 9.84. The summed E-state index contributed by atoms with van der Waals surface area (Å²) < 4.78 is 0. The van der Waals surface area contributed by atoms with Gasteiger partial charge in [-0.25, -0.2) is 0 Å². The normalized spacial score (nSPS) is 13.6. The molecule has 0 atom stereocenters. The minimum Gasteiger partial charge on any atom is -0.508 e. The van der Waals surface area contributed by atoms with Crippen molar-refractivity contribution in [2.45, 2.75) is 6.10 Å². The van der Waals surface area contributed by atoms with Crippen molar-refractivity contribution in [1.82, 2.24) is 0 Å². The number of aliphatic hydroxyl groups is 1. The summed E-state index contributed by atoms with van der Waals surface area (Å²) in [4.78, 5) is 0. The molecular weight excluding hydrogens is 204 g/mol. The molecule has 3 nitrogen and oxygen atoms in total. The second-order valence-electron chi connectivity index (χ2n) is 3.95. The standard InChI is InChI=1S/C13H10O3/c14-7-1-3-9-10-4-2-8(15)6-12(10)13(16)11(9)5-7/h1-6,13-16H. The van der Waals surface area contributed by atoms with E-state index in [1.165, 1.54) is 0 Å². The predicted octanol–water partition coefficient (Wildman–Crippen LogP) is 2.16. The fourth-order valence-corrected chi connectivity index (χ4v) is 2.21. The second kappa shape index (κ2) is 3.00. The van der Waals surface area contributed by atoms with Gasteiger partial charge in [-0.05, 0) is 46.5 Å². The third-order valence-electron chi connectivity index (χ3n) is 2.95. The molecule has 16 heavy (non-hydrogen) atoms. The van der Waals surface area contributed by atoms with E-state index in [2.05, 4.69) is 0 Å². The molecule has 0 amide bonds. The van der Waals surface area contributed by atoms with Crippen LogP contribution in [0, 0.1) is 0 Å². The van der Waals surface area contributed by atoms with E-state index in [0.29, 0.717) is 11.1 Å². The van der Waals surface area contributed by atoms with Gasteiger partial charge >= 0.3 is 0 Å². The first kappa shape index (κ1) is 9.24. The zero-order valence-electron chi connectivity index (χ0n) is 8.38. The highest BCUT2D eigenvalue weighted by atomic mass is 16.3. The van der Waals surface area contributed by atoms with E-state index in [9.17, 15) is 15.3 Å². The average Bonchev–Trinajstić information content (AvgIpc) is 2.53. The third-order valence-corrected chi connectivity index (χ3v) is 2.95. The summed E-state index contributed by atoms with van der Waals surface area (Å²) in [7, 11) is 0. The molecule has 0 aromatic heterocycles. The van der Waals surface area contributed by atoms with Crippen LogP contribution in [-0.4, -0.2) is 15.3 Å². The van der Waals surface area contributed by atoms with Crippen molar-refractivity contribution in [3.63, 3.8) is 0 Å². The molecule has 0 saturated carbocycles. The molecule has 0 fully saturated rings. The van der Waals surface area contributed by atoms with Crippen molar-refractivity contribution in [3.05, 3.63) is 47.5 Å². The van der Waals surface area contributed by atoms with Gasteiger partial charge in [0.2, 0.25) is 0 Å². The molecule has 0 aliphatic heterocycles. The van der Waals surface area contributed by atoms with E-state index in [-0.39, 0.29) is 11.5 Å². The van der Waals surface area contributed by atoms with Crippen molar-refractivity contribution >= 4 is 0 Å². The van der Waals surface area contributed by atoms with Crippen LogP contribution in [0.5, 0.6) is 11.5 Å². The van der Waals surface area contributed by atoms with Crippen LogP contribution < -0.4 is 0 Å². The first-order chi connectivity index (χ1) is 7.66. The van der Waals surface area contributed by atoms with E-state index in [4.69, 9.17) is 0 Å². The lowest BCUT2D eigenvalue weighted by Gasteiger charge is -2.05. The zero-order valence-corrected chi connectivity index (χ0v) is 8.38. The van der Waals surface area contributed by atoms with Crippen molar-refractivity contribution < 1.29 is 15.3 Å². The molecule has 0 unspecified atom stereocenters. The zero-order chi connectivity index (χ0) is 11.3. The number of hydrogen-bond donors (Lipinski definition) is 3. The molecule has 3 rings (SSSR count). The highest BCUT2D eigenvalue weighted by molar-refractivity contribution is 5.79. The number of benzene rings is 2. The molecule has 3 heteroatoms. The molecule has 2 aromatic rings. The molecule has 80 valence electrons. The Bertz CT molecular complexity index is 524. The van der Waals surface area contributed by atoms with Crippen molar-refractivity contribution in [1.29, 1.82) is 0 Å². The Morgan fingerprint density at radius 1 is 0.750 bits per heavy atom. The summed E-state index contributed by atoms with van der Waals surface area (Å²) >= 11 is 0. The van der Waals surface area contributed by atoms with Gasteiger partial charge in [-0.3, -0.25) is 0 Å². The van der Waals surface area contributed by atoms with Crippen molar-refractivity contribution in [2.75, 3.05) is 0 Å². The summed E-state index contributed by atoms with van der Waals surface area (Å²) in [5.41, 5.74) is 3.17. The Balaban J connectivity index is 2.30. The Labute approximate surface area is 92.2 Å². The van der Waals surface area contributed by atoms with Crippen LogP contribution in [0.15, 0.2) is 36.4 Å². The lowest BCUT2D eigenvalue weighted by molar-refractivity contribution is 0.224. The summed E-state index contributed by atoms with van der Waals surface area (Å²) in [6.45, 7) is 0. The molecule has 3 N–H and O–H groups in total. The van der Waals surface area contributed by atoms with Crippen LogP contribution in [0.2, 0.25) is 0 Å². The van der Waals surface area contributed by atoms with Crippen LogP contribution in [-0.2, 0) is 0 Å². The quantitative estimate of drug-likeness (QED) is 0.629. The molecule has 0 radical (unpaired) electrons. The number of hydrogen-bond acceptors (Lipinski definition) is 3. The SMILES string of the molecule is Oc1ccc2c(c1)C(O)c1cc(O)ccc1-2. The Morgan fingerprint density at radius 3 is 1.62 bits per heavy atom. The largest absolute Gasteiger partial charge is 0.508 e.